The number of ether oxygens (including phenoxy) is 1. The zero-order valence-electron chi connectivity index (χ0n) is 18.7. The first kappa shape index (κ1) is 21.9. The molecular weight excluding hydrogens is 410 g/mol. The zero-order valence-corrected chi connectivity index (χ0v) is 18.7. The van der Waals surface area contributed by atoms with Gasteiger partial charge >= 0.3 is 6.03 Å². The van der Waals surface area contributed by atoms with Gasteiger partial charge in [0.2, 0.25) is 5.91 Å². The normalized spacial score (nSPS) is 18.8. The molecule has 1 aliphatic carbocycles. The lowest BCUT2D eigenvalue weighted by molar-refractivity contribution is -0.137. The van der Waals surface area contributed by atoms with E-state index in [9.17, 15) is 14.4 Å². The number of hydrogen-bond donors (Lipinski definition) is 1. The first-order valence-electron chi connectivity index (χ1n) is 10.9. The van der Waals surface area contributed by atoms with E-state index in [1.54, 1.807) is 26.6 Å². The Bertz CT molecular complexity index is 1010. The van der Waals surface area contributed by atoms with E-state index in [4.69, 9.17) is 4.74 Å². The van der Waals surface area contributed by atoms with E-state index < -0.39 is 23.5 Å². The largest absolute Gasteiger partial charge is 0.497 e. The van der Waals surface area contributed by atoms with Crippen LogP contribution in [0, 0.1) is 0 Å². The molecule has 1 aromatic carbocycles. The fourth-order valence-electron chi connectivity index (χ4n) is 4.77. The highest BCUT2D eigenvalue weighted by Gasteiger charge is 2.55. The number of aryl methyl sites for hydroxylation is 1. The quantitative estimate of drug-likeness (QED) is 0.697. The second-order valence-corrected chi connectivity index (χ2v) is 8.50. The van der Waals surface area contributed by atoms with Gasteiger partial charge in [-0.15, -0.1) is 0 Å². The number of carbonyl (C=O) groups is 3. The Morgan fingerprint density at radius 3 is 2.44 bits per heavy atom. The van der Waals surface area contributed by atoms with Gasteiger partial charge < -0.3 is 19.5 Å². The van der Waals surface area contributed by atoms with Gasteiger partial charge in [0, 0.05) is 26.5 Å². The summed E-state index contributed by atoms with van der Waals surface area (Å²) in [4.78, 5) is 46.1. The van der Waals surface area contributed by atoms with Crippen LogP contribution in [0.1, 0.15) is 49.5 Å². The molecular formula is C23H29N5O4. The minimum atomic E-state index is -0.801. The molecule has 2 aliphatic rings. The van der Waals surface area contributed by atoms with Crippen LogP contribution in [0.5, 0.6) is 5.75 Å². The first-order chi connectivity index (χ1) is 15.4. The third-order valence-electron chi connectivity index (χ3n) is 6.66. The molecule has 0 bridgehead atoms. The van der Waals surface area contributed by atoms with Crippen LogP contribution in [0.25, 0.3) is 0 Å². The number of urea groups is 1. The van der Waals surface area contributed by atoms with Gasteiger partial charge in [0.25, 0.3) is 5.91 Å². The van der Waals surface area contributed by atoms with Gasteiger partial charge in [-0.05, 0) is 30.5 Å². The van der Waals surface area contributed by atoms with Crippen molar-refractivity contribution in [3.05, 3.63) is 48.0 Å². The lowest BCUT2D eigenvalue weighted by Gasteiger charge is -2.35. The summed E-state index contributed by atoms with van der Waals surface area (Å²) in [6.45, 7) is -0.319. The van der Waals surface area contributed by atoms with Crippen LogP contribution < -0.4 is 10.1 Å². The van der Waals surface area contributed by atoms with Crippen LogP contribution in [-0.2, 0) is 16.6 Å². The number of imide groups is 1. The zero-order chi connectivity index (χ0) is 22.9. The number of hydrogen-bond acceptors (Lipinski definition) is 5. The first-order valence-corrected chi connectivity index (χ1v) is 10.9. The predicted octanol–water partition coefficient (Wildman–Crippen LogP) is 2.23. The number of nitrogens with zero attached hydrogens (tertiary/aromatic N) is 4. The van der Waals surface area contributed by atoms with Gasteiger partial charge in [0.15, 0.2) is 0 Å². The van der Waals surface area contributed by atoms with Crippen LogP contribution in [0.15, 0.2) is 36.7 Å². The third kappa shape index (κ3) is 3.72. The molecule has 170 valence electrons. The fraction of sp³-hybridized carbons (Fsp3) is 0.478. The van der Waals surface area contributed by atoms with Crippen molar-refractivity contribution in [1.29, 1.82) is 0 Å². The lowest BCUT2D eigenvalue weighted by Crippen LogP contribution is -2.49. The van der Waals surface area contributed by atoms with E-state index in [-0.39, 0.29) is 12.5 Å². The Labute approximate surface area is 187 Å². The average Bonchev–Trinajstić information content (AvgIpc) is 3.31. The number of carbonyl (C=O) groups excluding carboxylic acids is 3. The van der Waals surface area contributed by atoms with Crippen molar-refractivity contribution in [2.75, 3.05) is 20.7 Å². The molecule has 2 aromatic rings. The average molecular weight is 440 g/mol. The molecule has 1 unspecified atom stereocenters. The number of nitrogens with one attached hydrogen (secondary N) is 1. The summed E-state index contributed by atoms with van der Waals surface area (Å²) in [6, 6.07) is 6.39. The molecule has 32 heavy (non-hydrogen) atoms. The van der Waals surface area contributed by atoms with E-state index in [1.165, 1.54) is 4.90 Å². The molecule has 1 N–H and O–H groups in total. The topological polar surface area (TPSA) is 96.8 Å². The standard InChI is InChI=1S/C23H29N5O4/c1-26-14-13-24-20(26)19(16-7-9-17(32-3)10-8-16)25-18(29)15-28-21(30)23(27(2)22(28)31)11-5-4-6-12-23/h7-10,13-14,19H,4-6,11-12,15H2,1-3H3,(H,25,29). The number of imidazole rings is 1. The highest BCUT2D eigenvalue weighted by Crippen LogP contribution is 2.39. The maximum Gasteiger partial charge on any atom is 0.327 e. The maximum atomic E-state index is 13.2. The van der Waals surface area contributed by atoms with Crippen molar-refractivity contribution in [1.82, 2.24) is 24.7 Å². The van der Waals surface area contributed by atoms with E-state index in [2.05, 4.69) is 10.3 Å². The maximum absolute atomic E-state index is 13.2. The number of likely N-dealkylation sites (N-methyl/N-ethyl adjacent to an activating group) is 1. The Balaban J connectivity index is 1.54. The van der Waals surface area contributed by atoms with Crippen molar-refractivity contribution in [3.63, 3.8) is 0 Å². The van der Waals surface area contributed by atoms with Crippen LogP contribution in [0.2, 0.25) is 0 Å². The summed E-state index contributed by atoms with van der Waals surface area (Å²) in [6.07, 6.45) is 7.62. The van der Waals surface area contributed by atoms with Crippen molar-refractivity contribution < 1.29 is 19.1 Å². The third-order valence-corrected chi connectivity index (χ3v) is 6.66. The van der Waals surface area contributed by atoms with Crippen LogP contribution in [0.3, 0.4) is 0 Å². The van der Waals surface area contributed by atoms with Gasteiger partial charge in [0.05, 0.1) is 7.11 Å². The molecule has 4 rings (SSSR count). The smallest absolute Gasteiger partial charge is 0.327 e. The molecule has 2 fully saturated rings. The van der Waals surface area contributed by atoms with Crippen LogP contribution in [-0.4, -0.2) is 63.4 Å². The van der Waals surface area contributed by atoms with Gasteiger partial charge in [-0.1, -0.05) is 31.4 Å². The molecule has 0 radical (unpaired) electrons. The van der Waals surface area contributed by atoms with Crippen molar-refractivity contribution in [3.8, 4) is 5.75 Å². The molecule has 1 saturated carbocycles. The molecule has 9 heteroatoms. The van der Waals surface area contributed by atoms with Crippen LogP contribution >= 0.6 is 0 Å². The summed E-state index contributed by atoms with van der Waals surface area (Å²) in [5.74, 6) is 0.658. The number of aromatic nitrogens is 2. The molecule has 1 aliphatic heterocycles. The summed E-state index contributed by atoms with van der Waals surface area (Å²) in [7, 11) is 5.10. The number of amides is 4. The molecule has 4 amide bonds. The molecule has 2 heterocycles. The van der Waals surface area contributed by atoms with Gasteiger partial charge in [-0.3, -0.25) is 14.5 Å². The van der Waals surface area contributed by atoms with E-state index >= 15 is 0 Å². The van der Waals surface area contributed by atoms with Crippen LogP contribution in [0.4, 0.5) is 4.79 Å². The van der Waals surface area contributed by atoms with Crippen molar-refractivity contribution >= 4 is 17.8 Å². The highest BCUT2D eigenvalue weighted by atomic mass is 16.5. The summed E-state index contributed by atoms with van der Waals surface area (Å²) in [5.41, 5.74) is 0.0124. The number of benzene rings is 1. The minimum absolute atomic E-state index is 0.266. The molecule has 1 spiro atoms. The molecule has 1 aromatic heterocycles. The van der Waals surface area contributed by atoms with Crippen molar-refractivity contribution in [2.45, 2.75) is 43.7 Å². The predicted molar refractivity (Wildman–Crippen MR) is 117 cm³/mol. The summed E-state index contributed by atoms with van der Waals surface area (Å²) in [5, 5.41) is 2.96. The Morgan fingerprint density at radius 1 is 1.16 bits per heavy atom. The van der Waals surface area contributed by atoms with E-state index in [0.717, 1.165) is 29.7 Å². The molecule has 1 saturated heterocycles. The second kappa shape index (κ2) is 8.64. The summed E-state index contributed by atoms with van der Waals surface area (Å²) >= 11 is 0. The SMILES string of the molecule is COc1ccc(C(NC(=O)CN2C(=O)N(C)C3(CCCCC3)C2=O)c2nccn2C)cc1. The van der Waals surface area contributed by atoms with E-state index in [0.29, 0.717) is 24.4 Å². The monoisotopic (exact) mass is 439 g/mol. The number of methoxy groups -OCH3 is 1. The molecule has 9 nitrogen and oxygen atoms in total. The minimum Gasteiger partial charge on any atom is -0.497 e. The Morgan fingerprint density at radius 2 is 1.84 bits per heavy atom. The lowest BCUT2D eigenvalue weighted by atomic mass is 9.81. The van der Waals surface area contributed by atoms with Crippen molar-refractivity contribution in [2.24, 2.45) is 7.05 Å². The fourth-order valence-corrected chi connectivity index (χ4v) is 4.77. The second-order valence-electron chi connectivity index (χ2n) is 8.50. The van der Waals surface area contributed by atoms with Gasteiger partial charge in [-0.2, -0.15) is 0 Å². The van der Waals surface area contributed by atoms with Gasteiger partial charge in [-0.25, -0.2) is 9.78 Å². The number of rotatable bonds is 6. The van der Waals surface area contributed by atoms with E-state index in [1.807, 2.05) is 35.9 Å². The Kier molecular flexibility index (Phi) is 5.90. The summed E-state index contributed by atoms with van der Waals surface area (Å²) < 4.78 is 7.05. The Hall–Kier alpha value is -3.36. The molecule has 1 atom stereocenters. The van der Waals surface area contributed by atoms with Gasteiger partial charge in [0.1, 0.15) is 29.7 Å². The highest BCUT2D eigenvalue weighted by molar-refractivity contribution is 6.09.